The second-order valence-electron chi connectivity index (χ2n) is 4.76. The van der Waals surface area contributed by atoms with Gasteiger partial charge in [-0.25, -0.2) is 0 Å². The van der Waals surface area contributed by atoms with Gasteiger partial charge in [-0.3, -0.25) is 0 Å². The van der Waals surface area contributed by atoms with E-state index in [4.69, 9.17) is 10.2 Å². The lowest BCUT2D eigenvalue weighted by Crippen LogP contribution is -2.20. The maximum Gasteiger partial charge on any atom is 0.103 e. The van der Waals surface area contributed by atoms with Crippen LogP contribution in [0.25, 0.3) is 0 Å². The van der Waals surface area contributed by atoms with Crippen molar-refractivity contribution in [3.05, 3.63) is 60.1 Å². The second-order valence-corrected chi connectivity index (χ2v) is 4.76. The van der Waals surface area contributed by atoms with Crippen LogP contribution in [0.1, 0.15) is 30.6 Å². The third-order valence-corrected chi connectivity index (χ3v) is 3.22. The van der Waals surface area contributed by atoms with Gasteiger partial charge in [0.1, 0.15) is 5.76 Å². The number of hydrogen-bond acceptors (Lipinski definition) is 2. The van der Waals surface area contributed by atoms with Crippen LogP contribution in [0, 0.1) is 0 Å². The molecule has 1 unspecified atom stereocenters. The highest BCUT2D eigenvalue weighted by molar-refractivity contribution is 5.14. The van der Waals surface area contributed by atoms with Gasteiger partial charge in [0.05, 0.1) is 6.26 Å². The summed E-state index contributed by atoms with van der Waals surface area (Å²) in [6.07, 6.45) is 7.02. The molecule has 0 aliphatic carbocycles. The van der Waals surface area contributed by atoms with Gasteiger partial charge in [0.15, 0.2) is 0 Å². The molecule has 1 aromatic heterocycles. The van der Waals surface area contributed by atoms with E-state index in [1.807, 2.05) is 12.1 Å². The van der Waals surface area contributed by atoms with Gasteiger partial charge < -0.3 is 10.2 Å². The first-order valence-electron chi connectivity index (χ1n) is 6.66. The highest BCUT2D eigenvalue weighted by Gasteiger charge is 2.04. The third kappa shape index (κ3) is 4.38. The van der Waals surface area contributed by atoms with Crippen LogP contribution in [0.3, 0.4) is 0 Å². The first-order chi connectivity index (χ1) is 8.84. The number of aryl methyl sites for hydroxylation is 2. The summed E-state index contributed by atoms with van der Waals surface area (Å²) in [5, 5.41) is 0. The minimum absolute atomic E-state index is 0.277. The van der Waals surface area contributed by atoms with E-state index in [0.29, 0.717) is 0 Å². The summed E-state index contributed by atoms with van der Waals surface area (Å²) < 4.78 is 5.30. The summed E-state index contributed by atoms with van der Waals surface area (Å²) in [4.78, 5) is 0. The van der Waals surface area contributed by atoms with Crippen molar-refractivity contribution in [1.82, 2.24) is 0 Å². The Bertz CT molecular complexity index is 422. The zero-order chi connectivity index (χ0) is 12.6. The van der Waals surface area contributed by atoms with Crippen LogP contribution in [0.2, 0.25) is 0 Å². The van der Waals surface area contributed by atoms with Gasteiger partial charge in [-0.2, -0.15) is 0 Å². The van der Waals surface area contributed by atoms with E-state index in [9.17, 15) is 0 Å². The van der Waals surface area contributed by atoms with Crippen LogP contribution < -0.4 is 5.73 Å². The van der Waals surface area contributed by atoms with E-state index in [1.54, 1.807) is 6.26 Å². The van der Waals surface area contributed by atoms with E-state index in [1.165, 1.54) is 5.56 Å². The first kappa shape index (κ1) is 12.9. The summed E-state index contributed by atoms with van der Waals surface area (Å²) in [6, 6.07) is 14.8. The van der Waals surface area contributed by atoms with Crippen molar-refractivity contribution in [3.8, 4) is 0 Å². The van der Waals surface area contributed by atoms with Crippen molar-refractivity contribution in [2.24, 2.45) is 5.73 Å². The Morgan fingerprint density at radius 1 is 0.944 bits per heavy atom. The number of rotatable bonds is 7. The molecule has 0 amide bonds. The van der Waals surface area contributed by atoms with E-state index in [0.717, 1.165) is 37.9 Å². The molecule has 0 saturated carbocycles. The van der Waals surface area contributed by atoms with Crippen LogP contribution in [-0.2, 0) is 12.8 Å². The average Bonchev–Trinajstić information content (AvgIpc) is 2.91. The molecule has 0 radical (unpaired) electrons. The monoisotopic (exact) mass is 243 g/mol. The van der Waals surface area contributed by atoms with Crippen molar-refractivity contribution in [2.75, 3.05) is 0 Å². The summed E-state index contributed by atoms with van der Waals surface area (Å²) in [5.41, 5.74) is 7.51. The molecule has 2 nitrogen and oxygen atoms in total. The van der Waals surface area contributed by atoms with Crippen molar-refractivity contribution in [1.29, 1.82) is 0 Å². The predicted molar refractivity (Wildman–Crippen MR) is 74.4 cm³/mol. The Morgan fingerprint density at radius 3 is 2.50 bits per heavy atom. The van der Waals surface area contributed by atoms with Gasteiger partial charge in [0, 0.05) is 12.5 Å². The maximum atomic E-state index is 6.11. The lowest BCUT2D eigenvalue weighted by Gasteiger charge is -2.10. The second kappa shape index (κ2) is 7.02. The number of nitrogens with two attached hydrogens (primary N) is 1. The Morgan fingerprint density at radius 2 is 1.78 bits per heavy atom. The van der Waals surface area contributed by atoms with Crippen molar-refractivity contribution < 1.29 is 4.42 Å². The minimum Gasteiger partial charge on any atom is -0.469 e. The third-order valence-electron chi connectivity index (χ3n) is 3.22. The molecule has 2 heteroatoms. The topological polar surface area (TPSA) is 39.2 Å². The van der Waals surface area contributed by atoms with E-state index in [2.05, 4.69) is 30.3 Å². The minimum atomic E-state index is 0.277. The van der Waals surface area contributed by atoms with Crippen LogP contribution in [0.15, 0.2) is 53.1 Å². The van der Waals surface area contributed by atoms with Gasteiger partial charge in [-0.15, -0.1) is 0 Å². The molecule has 0 bridgehead atoms. The molecule has 2 rings (SSSR count). The fourth-order valence-electron chi connectivity index (χ4n) is 2.14. The van der Waals surface area contributed by atoms with Gasteiger partial charge in [-0.1, -0.05) is 30.3 Å². The molecule has 0 saturated heterocycles. The van der Waals surface area contributed by atoms with Crippen molar-refractivity contribution in [2.45, 2.75) is 38.1 Å². The summed E-state index contributed by atoms with van der Waals surface area (Å²) >= 11 is 0. The molecule has 0 spiro atoms. The maximum absolute atomic E-state index is 6.11. The van der Waals surface area contributed by atoms with Gasteiger partial charge >= 0.3 is 0 Å². The van der Waals surface area contributed by atoms with E-state index < -0.39 is 0 Å². The molecule has 2 N–H and O–H groups in total. The largest absolute Gasteiger partial charge is 0.469 e. The average molecular weight is 243 g/mol. The quantitative estimate of drug-likeness (QED) is 0.807. The van der Waals surface area contributed by atoms with E-state index in [-0.39, 0.29) is 6.04 Å². The Hall–Kier alpha value is -1.54. The molecular weight excluding hydrogens is 222 g/mol. The standard InChI is InChI=1S/C16H21NO/c17-15(11-12-16-10-5-13-18-16)9-4-8-14-6-2-1-3-7-14/h1-3,5-7,10,13,15H,4,8-9,11-12,17H2. The first-order valence-corrected chi connectivity index (χ1v) is 6.66. The normalized spacial score (nSPS) is 12.5. The van der Waals surface area contributed by atoms with Crippen molar-refractivity contribution in [3.63, 3.8) is 0 Å². The fraction of sp³-hybridized carbons (Fsp3) is 0.375. The number of furan rings is 1. The van der Waals surface area contributed by atoms with Crippen molar-refractivity contribution >= 4 is 0 Å². The lowest BCUT2D eigenvalue weighted by molar-refractivity contribution is 0.472. The van der Waals surface area contributed by atoms with Gasteiger partial charge in [0.2, 0.25) is 0 Å². The van der Waals surface area contributed by atoms with Crippen LogP contribution in [-0.4, -0.2) is 6.04 Å². The number of hydrogen-bond donors (Lipinski definition) is 1. The van der Waals surface area contributed by atoms with Crippen LogP contribution >= 0.6 is 0 Å². The van der Waals surface area contributed by atoms with Gasteiger partial charge in [0.25, 0.3) is 0 Å². The predicted octanol–water partition coefficient (Wildman–Crippen LogP) is 3.56. The van der Waals surface area contributed by atoms with Crippen LogP contribution in [0.5, 0.6) is 0 Å². The molecule has 0 aliphatic rings. The molecular formula is C16H21NO. The molecule has 2 aromatic rings. The molecule has 0 aliphatic heterocycles. The molecule has 96 valence electrons. The summed E-state index contributed by atoms with van der Waals surface area (Å²) in [6.45, 7) is 0. The van der Waals surface area contributed by atoms with Gasteiger partial charge in [-0.05, 0) is 43.4 Å². The smallest absolute Gasteiger partial charge is 0.103 e. The van der Waals surface area contributed by atoms with Crippen LogP contribution in [0.4, 0.5) is 0 Å². The fourth-order valence-corrected chi connectivity index (χ4v) is 2.14. The highest BCUT2D eigenvalue weighted by atomic mass is 16.3. The number of benzene rings is 1. The van der Waals surface area contributed by atoms with E-state index >= 15 is 0 Å². The lowest BCUT2D eigenvalue weighted by atomic mass is 10.0. The zero-order valence-corrected chi connectivity index (χ0v) is 10.7. The SMILES string of the molecule is NC(CCCc1ccccc1)CCc1ccco1. The summed E-state index contributed by atoms with van der Waals surface area (Å²) in [5.74, 6) is 1.04. The molecule has 1 atom stereocenters. The zero-order valence-electron chi connectivity index (χ0n) is 10.7. The highest BCUT2D eigenvalue weighted by Crippen LogP contribution is 2.10. The molecule has 1 aromatic carbocycles. The Labute approximate surface area is 109 Å². The molecule has 18 heavy (non-hydrogen) atoms. The molecule has 0 fully saturated rings. The Balaban J connectivity index is 1.61. The summed E-state index contributed by atoms with van der Waals surface area (Å²) in [7, 11) is 0. The Kier molecular flexibility index (Phi) is 5.03. The molecule has 1 heterocycles.